The molecule has 4 atom stereocenters. The Morgan fingerprint density at radius 2 is 1.74 bits per heavy atom. The van der Waals surface area contributed by atoms with E-state index >= 15 is 0 Å². The summed E-state index contributed by atoms with van der Waals surface area (Å²) in [6, 6.07) is 6.39. The summed E-state index contributed by atoms with van der Waals surface area (Å²) in [4.78, 5) is 46.7. The minimum atomic E-state index is -0.744. The number of likely N-dealkylation sites (tertiary alicyclic amines) is 1. The SMILES string of the molecule is CCCN1CCN(c2ccc(C(=O)NC(C(=O)N3C[C@@H](C(C)C)[C@H]4OCC(=O)[C@H]43)C(C)(C)CC)cc2)CC1. The Kier molecular flexibility index (Phi) is 8.82. The number of rotatable bonds is 9. The van der Waals surface area contributed by atoms with E-state index in [2.05, 4.69) is 35.9 Å². The van der Waals surface area contributed by atoms with Gasteiger partial charge in [-0.3, -0.25) is 19.3 Å². The molecule has 2 amide bonds. The molecule has 0 bridgehead atoms. The van der Waals surface area contributed by atoms with Gasteiger partial charge in [0.05, 0.1) is 6.10 Å². The lowest BCUT2D eigenvalue weighted by molar-refractivity contribution is -0.140. The molecule has 8 heteroatoms. The molecule has 0 aromatic heterocycles. The Hall–Kier alpha value is -2.45. The Morgan fingerprint density at radius 3 is 2.32 bits per heavy atom. The zero-order chi connectivity index (χ0) is 27.6. The fraction of sp³-hybridized carbons (Fsp3) is 0.700. The molecule has 210 valence electrons. The highest BCUT2D eigenvalue weighted by Gasteiger charge is 2.54. The largest absolute Gasteiger partial charge is 0.369 e. The smallest absolute Gasteiger partial charge is 0.251 e. The maximum atomic E-state index is 14.0. The van der Waals surface area contributed by atoms with Gasteiger partial charge in [-0.2, -0.15) is 0 Å². The monoisotopic (exact) mass is 526 g/mol. The van der Waals surface area contributed by atoms with Gasteiger partial charge in [0.2, 0.25) is 5.91 Å². The molecule has 1 aromatic rings. The van der Waals surface area contributed by atoms with E-state index in [1.54, 1.807) is 4.90 Å². The fourth-order valence-corrected chi connectivity index (χ4v) is 6.05. The Morgan fingerprint density at radius 1 is 1.08 bits per heavy atom. The van der Waals surface area contributed by atoms with E-state index < -0.39 is 17.5 Å². The maximum Gasteiger partial charge on any atom is 0.251 e. The minimum Gasteiger partial charge on any atom is -0.369 e. The second-order valence-corrected chi connectivity index (χ2v) is 12.2. The molecule has 8 nitrogen and oxygen atoms in total. The van der Waals surface area contributed by atoms with E-state index in [1.807, 2.05) is 45.0 Å². The lowest BCUT2D eigenvalue weighted by Gasteiger charge is -2.37. The Balaban J connectivity index is 1.47. The van der Waals surface area contributed by atoms with Crippen LogP contribution >= 0.6 is 0 Å². The summed E-state index contributed by atoms with van der Waals surface area (Å²) in [5, 5.41) is 3.06. The van der Waals surface area contributed by atoms with Crippen LogP contribution in [0.1, 0.15) is 64.7 Å². The van der Waals surface area contributed by atoms with Crippen LogP contribution in [0.3, 0.4) is 0 Å². The molecule has 1 unspecified atom stereocenters. The number of nitrogens with zero attached hydrogens (tertiary/aromatic N) is 3. The van der Waals surface area contributed by atoms with Crippen molar-refractivity contribution in [2.75, 3.05) is 50.8 Å². The highest BCUT2D eigenvalue weighted by Crippen LogP contribution is 2.38. The van der Waals surface area contributed by atoms with E-state index in [-0.39, 0.29) is 42.1 Å². The summed E-state index contributed by atoms with van der Waals surface area (Å²) >= 11 is 0. The highest BCUT2D eigenvalue weighted by atomic mass is 16.5. The van der Waals surface area contributed by atoms with Crippen LogP contribution in [0.25, 0.3) is 0 Å². The third-order valence-corrected chi connectivity index (χ3v) is 8.99. The predicted octanol–water partition coefficient (Wildman–Crippen LogP) is 3.20. The number of ether oxygens (including phenoxy) is 1. The van der Waals surface area contributed by atoms with Gasteiger partial charge >= 0.3 is 0 Å². The van der Waals surface area contributed by atoms with Gasteiger partial charge in [-0.1, -0.05) is 41.5 Å². The number of carbonyl (C=O) groups excluding carboxylic acids is 3. The Bertz CT molecular complexity index is 1000. The summed E-state index contributed by atoms with van der Waals surface area (Å²) in [6.07, 6.45) is 1.61. The fourth-order valence-electron chi connectivity index (χ4n) is 6.05. The van der Waals surface area contributed by atoms with Crippen molar-refractivity contribution in [3.63, 3.8) is 0 Å². The number of carbonyl (C=O) groups is 3. The van der Waals surface area contributed by atoms with E-state index in [0.717, 1.165) is 38.4 Å². The number of benzene rings is 1. The molecule has 3 aliphatic rings. The second kappa shape index (κ2) is 11.7. The number of ketones is 1. The first-order valence-corrected chi connectivity index (χ1v) is 14.4. The van der Waals surface area contributed by atoms with Crippen LogP contribution in [-0.4, -0.2) is 91.5 Å². The minimum absolute atomic E-state index is 0.0444. The molecular weight excluding hydrogens is 480 g/mol. The molecule has 3 fully saturated rings. The van der Waals surface area contributed by atoms with Crippen LogP contribution in [0.15, 0.2) is 24.3 Å². The molecule has 4 rings (SSSR count). The van der Waals surface area contributed by atoms with Gasteiger partial charge in [-0.25, -0.2) is 0 Å². The van der Waals surface area contributed by atoms with Crippen LogP contribution in [0.4, 0.5) is 5.69 Å². The summed E-state index contributed by atoms with van der Waals surface area (Å²) in [5.74, 6) is -0.116. The summed E-state index contributed by atoms with van der Waals surface area (Å²) in [6.45, 7) is 18.2. The third-order valence-electron chi connectivity index (χ3n) is 8.99. The van der Waals surface area contributed by atoms with Gasteiger partial charge < -0.3 is 19.9 Å². The highest BCUT2D eigenvalue weighted by molar-refractivity contribution is 5.99. The van der Waals surface area contributed by atoms with Crippen LogP contribution in [-0.2, 0) is 14.3 Å². The second-order valence-electron chi connectivity index (χ2n) is 12.2. The van der Waals surface area contributed by atoms with Gasteiger partial charge in [0.15, 0.2) is 5.78 Å². The van der Waals surface area contributed by atoms with Crippen molar-refractivity contribution in [1.29, 1.82) is 0 Å². The normalized spacial score (nSPS) is 25.1. The van der Waals surface area contributed by atoms with Crippen molar-refractivity contribution in [3.8, 4) is 0 Å². The number of anilines is 1. The van der Waals surface area contributed by atoms with Gasteiger partial charge in [0.25, 0.3) is 5.91 Å². The number of hydrogen-bond acceptors (Lipinski definition) is 6. The average molecular weight is 527 g/mol. The average Bonchev–Trinajstić information content (AvgIpc) is 3.48. The van der Waals surface area contributed by atoms with Crippen molar-refractivity contribution < 1.29 is 19.1 Å². The zero-order valence-electron chi connectivity index (χ0n) is 24.0. The molecule has 1 N–H and O–H groups in total. The van der Waals surface area contributed by atoms with Gasteiger partial charge in [0, 0.05) is 49.9 Å². The number of hydrogen-bond donors (Lipinski definition) is 1. The maximum absolute atomic E-state index is 14.0. The molecule has 0 aliphatic carbocycles. The lowest BCUT2D eigenvalue weighted by atomic mass is 9.80. The zero-order valence-corrected chi connectivity index (χ0v) is 24.0. The van der Waals surface area contributed by atoms with Gasteiger partial charge in [0.1, 0.15) is 18.7 Å². The lowest BCUT2D eigenvalue weighted by Crippen LogP contribution is -2.57. The van der Waals surface area contributed by atoms with Gasteiger partial charge in [-0.15, -0.1) is 0 Å². The summed E-state index contributed by atoms with van der Waals surface area (Å²) < 4.78 is 5.83. The summed E-state index contributed by atoms with van der Waals surface area (Å²) in [7, 11) is 0. The van der Waals surface area contributed by atoms with E-state index in [9.17, 15) is 14.4 Å². The van der Waals surface area contributed by atoms with Crippen molar-refractivity contribution >= 4 is 23.3 Å². The van der Waals surface area contributed by atoms with E-state index in [1.165, 1.54) is 6.42 Å². The number of piperazine rings is 1. The van der Waals surface area contributed by atoms with Crippen LogP contribution in [0.5, 0.6) is 0 Å². The quantitative estimate of drug-likeness (QED) is 0.532. The molecule has 3 saturated heterocycles. The molecule has 3 heterocycles. The third kappa shape index (κ3) is 5.76. The molecule has 0 saturated carbocycles. The summed E-state index contributed by atoms with van der Waals surface area (Å²) in [5.41, 5.74) is 1.16. The molecule has 0 radical (unpaired) electrons. The van der Waals surface area contributed by atoms with Crippen LogP contribution in [0.2, 0.25) is 0 Å². The van der Waals surface area contributed by atoms with Crippen LogP contribution in [0, 0.1) is 17.3 Å². The van der Waals surface area contributed by atoms with E-state index in [4.69, 9.17) is 4.74 Å². The van der Waals surface area contributed by atoms with E-state index in [0.29, 0.717) is 18.5 Å². The molecule has 1 aromatic carbocycles. The van der Waals surface area contributed by atoms with Gasteiger partial charge in [-0.05, 0) is 55.0 Å². The van der Waals surface area contributed by atoms with Crippen LogP contribution < -0.4 is 10.2 Å². The number of nitrogens with one attached hydrogen (secondary N) is 1. The first kappa shape index (κ1) is 28.6. The first-order chi connectivity index (χ1) is 18.1. The number of amides is 2. The predicted molar refractivity (Wildman–Crippen MR) is 149 cm³/mol. The molecule has 38 heavy (non-hydrogen) atoms. The van der Waals surface area contributed by atoms with Crippen molar-refractivity contribution in [1.82, 2.24) is 15.1 Å². The standard InChI is InChI=1S/C30H46N4O4/c1-7-13-32-14-16-33(17-15-32)22-11-9-21(10-12-22)28(36)31-27(30(5,6)8-2)29(37)34-18-23(20(3)4)26-25(34)24(35)19-38-26/h9-12,20,23,25-27H,7-8,13-19H2,1-6H3,(H,31,36)/t23-,25+,26+,27?/m0/s1. The Labute approximate surface area is 228 Å². The van der Waals surface area contributed by atoms with Crippen molar-refractivity contribution in [3.05, 3.63) is 29.8 Å². The molecule has 3 aliphatic heterocycles. The number of Topliss-reactive ketones (excluding diaryl/α,β-unsaturated/α-hetero) is 1. The van der Waals surface area contributed by atoms with Crippen molar-refractivity contribution in [2.24, 2.45) is 17.3 Å². The topological polar surface area (TPSA) is 82.2 Å². The molecule has 0 spiro atoms. The number of fused-ring (bicyclic) bond motifs is 1. The van der Waals surface area contributed by atoms with Crippen molar-refractivity contribution in [2.45, 2.75) is 72.6 Å². The first-order valence-electron chi connectivity index (χ1n) is 14.4. The molecular formula is C30H46N4O4.